The monoisotopic (exact) mass is 713 g/mol. The summed E-state index contributed by atoms with van der Waals surface area (Å²) < 4.78 is 5.67. The first-order valence-corrected chi connectivity index (χ1v) is 18.4. The van der Waals surface area contributed by atoms with Crippen LogP contribution in [0, 0.1) is 0 Å². The maximum atomic E-state index is 13.9. The molecule has 0 unspecified atom stereocenters. The van der Waals surface area contributed by atoms with Gasteiger partial charge in [-0.1, -0.05) is 78.9 Å². The molecule has 8 rings (SSSR count). The first-order chi connectivity index (χ1) is 25.9. The molecule has 3 aliphatic rings. The number of carbonyl (C=O) groups excluding carboxylic acids is 2. The molecule has 0 saturated carbocycles. The highest BCUT2D eigenvalue weighted by Gasteiger charge is 2.39. The molecule has 5 heterocycles. The molecule has 4 atom stereocenters. The van der Waals surface area contributed by atoms with E-state index >= 15 is 0 Å². The maximum Gasteiger partial charge on any atom is 0.407 e. The van der Waals surface area contributed by atoms with E-state index in [0.29, 0.717) is 24.5 Å². The molecule has 3 saturated heterocycles. The molecule has 5 aromatic rings. The van der Waals surface area contributed by atoms with Gasteiger partial charge < -0.3 is 29.6 Å². The molecule has 53 heavy (non-hydrogen) atoms. The standard InChI is InChI=1S/C41H43N7O5/c1-46(41(51)52)36(30-8-3-2-4-9-30)40(50)48-22-6-11-34(48)38-43-25-32(45-38)29-19-15-27(16-20-29)26-13-17-28(18-14-26)31-24-42-37(44-31)33-10-5-21-47(33)39(49)35-12-7-23-53-35/h2-4,8-9,13-20,24-25,33-36H,5-7,10-12,21-23H2,1H3,(H,42,44)(H,43,45)(H,51,52)/t33-,34-,35+,36+/m0/s1. The average Bonchev–Trinajstić information content (AvgIpc) is 4.05. The fraction of sp³-hybridized carbons (Fsp3) is 0.341. The van der Waals surface area contributed by atoms with E-state index in [9.17, 15) is 19.5 Å². The number of imidazole rings is 2. The van der Waals surface area contributed by atoms with E-state index in [-0.39, 0.29) is 30.0 Å². The van der Waals surface area contributed by atoms with Crippen molar-refractivity contribution < 1.29 is 24.2 Å². The summed E-state index contributed by atoms with van der Waals surface area (Å²) in [6.45, 7) is 1.92. The van der Waals surface area contributed by atoms with E-state index in [1.807, 2.05) is 29.3 Å². The van der Waals surface area contributed by atoms with E-state index in [4.69, 9.17) is 4.74 Å². The van der Waals surface area contributed by atoms with Crippen molar-refractivity contribution in [1.82, 2.24) is 34.6 Å². The highest BCUT2D eigenvalue weighted by atomic mass is 16.5. The molecule has 3 aliphatic heterocycles. The van der Waals surface area contributed by atoms with Crippen LogP contribution in [-0.2, 0) is 14.3 Å². The van der Waals surface area contributed by atoms with E-state index in [0.717, 1.165) is 89.4 Å². The van der Waals surface area contributed by atoms with Gasteiger partial charge in [0.2, 0.25) is 0 Å². The Hall–Kier alpha value is -5.75. The molecule has 0 bridgehead atoms. The fourth-order valence-electron chi connectivity index (χ4n) is 8.01. The number of rotatable bonds is 9. The van der Waals surface area contributed by atoms with Gasteiger partial charge in [0.25, 0.3) is 11.8 Å². The number of amides is 3. The Kier molecular flexibility index (Phi) is 9.53. The predicted octanol–water partition coefficient (Wildman–Crippen LogP) is 6.99. The molecule has 0 radical (unpaired) electrons. The third kappa shape index (κ3) is 6.82. The van der Waals surface area contributed by atoms with Gasteiger partial charge in [0.15, 0.2) is 0 Å². The van der Waals surface area contributed by atoms with E-state index in [2.05, 4.69) is 68.5 Å². The molecule has 0 spiro atoms. The van der Waals surface area contributed by atoms with Crippen LogP contribution in [0.15, 0.2) is 91.3 Å². The van der Waals surface area contributed by atoms with Crippen molar-refractivity contribution >= 4 is 17.9 Å². The number of benzene rings is 3. The van der Waals surface area contributed by atoms with Crippen LogP contribution in [0.2, 0.25) is 0 Å². The zero-order chi connectivity index (χ0) is 36.5. The van der Waals surface area contributed by atoms with Crippen molar-refractivity contribution in [3.8, 4) is 33.6 Å². The van der Waals surface area contributed by atoms with Gasteiger partial charge in [-0.15, -0.1) is 0 Å². The maximum absolute atomic E-state index is 13.9. The van der Waals surface area contributed by atoms with Crippen molar-refractivity contribution in [2.24, 2.45) is 0 Å². The lowest BCUT2D eigenvalue weighted by Crippen LogP contribution is -2.43. The number of aromatic amines is 2. The molecule has 3 N–H and O–H groups in total. The largest absolute Gasteiger partial charge is 0.465 e. The van der Waals surface area contributed by atoms with Crippen molar-refractivity contribution in [2.45, 2.75) is 62.8 Å². The number of likely N-dealkylation sites (tertiary alicyclic amines) is 2. The number of carbonyl (C=O) groups is 3. The Morgan fingerprint density at radius 1 is 0.736 bits per heavy atom. The van der Waals surface area contributed by atoms with Crippen LogP contribution in [0.4, 0.5) is 4.79 Å². The Bertz CT molecular complexity index is 2070. The van der Waals surface area contributed by atoms with E-state index < -0.39 is 12.1 Å². The summed E-state index contributed by atoms with van der Waals surface area (Å²) in [5.41, 5.74) is 6.53. The Labute approximate surface area is 307 Å². The number of nitrogens with one attached hydrogen (secondary N) is 2. The van der Waals surface area contributed by atoms with E-state index in [1.165, 1.54) is 7.05 Å². The van der Waals surface area contributed by atoms with Crippen LogP contribution in [0.1, 0.15) is 73.9 Å². The van der Waals surface area contributed by atoms with Crippen molar-refractivity contribution in [3.63, 3.8) is 0 Å². The summed E-state index contributed by atoms with van der Waals surface area (Å²) in [6.07, 6.45) is 7.27. The predicted molar refractivity (Wildman–Crippen MR) is 198 cm³/mol. The van der Waals surface area contributed by atoms with Crippen LogP contribution >= 0.6 is 0 Å². The molecule has 3 amide bonds. The minimum Gasteiger partial charge on any atom is -0.465 e. The normalized spacial score (nSPS) is 20.5. The first-order valence-electron chi connectivity index (χ1n) is 18.4. The zero-order valence-corrected chi connectivity index (χ0v) is 29.6. The minimum absolute atomic E-state index is 0.0541. The number of nitrogens with zero attached hydrogens (tertiary/aromatic N) is 5. The fourth-order valence-corrected chi connectivity index (χ4v) is 8.01. The van der Waals surface area contributed by atoms with Gasteiger partial charge in [-0.25, -0.2) is 14.8 Å². The Morgan fingerprint density at radius 3 is 1.79 bits per heavy atom. The number of hydrogen-bond donors (Lipinski definition) is 3. The average molecular weight is 714 g/mol. The third-order valence-corrected chi connectivity index (χ3v) is 10.9. The first kappa shape index (κ1) is 34.3. The lowest BCUT2D eigenvalue weighted by molar-refractivity contribution is -0.142. The highest BCUT2D eigenvalue weighted by molar-refractivity contribution is 5.87. The molecule has 3 fully saturated rings. The van der Waals surface area contributed by atoms with Crippen molar-refractivity contribution in [1.29, 1.82) is 0 Å². The molecule has 12 nitrogen and oxygen atoms in total. The van der Waals surface area contributed by atoms with E-state index in [1.54, 1.807) is 23.2 Å². The zero-order valence-electron chi connectivity index (χ0n) is 29.6. The molecular formula is C41H43N7O5. The molecule has 272 valence electrons. The molecule has 0 aliphatic carbocycles. The molecule has 2 aromatic heterocycles. The van der Waals surface area contributed by atoms with Crippen LogP contribution in [0.5, 0.6) is 0 Å². The quantitative estimate of drug-likeness (QED) is 0.149. The number of likely N-dealkylation sites (N-methyl/N-ethyl adjacent to an activating group) is 1. The number of ether oxygens (including phenoxy) is 1. The van der Waals surface area contributed by atoms with Gasteiger partial charge in [-0.2, -0.15) is 0 Å². The number of hydrogen-bond acceptors (Lipinski definition) is 6. The summed E-state index contributed by atoms with van der Waals surface area (Å²) in [6, 6.07) is 24.4. The summed E-state index contributed by atoms with van der Waals surface area (Å²) >= 11 is 0. The van der Waals surface area contributed by atoms with Crippen LogP contribution < -0.4 is 0 Å². The lowest BCUT2D eigenvalue weighted by atomic mass is 10.0. The van der Waals surface area contributed by atoms with Crippen LogP contribution in [-0.4, -0.2) is 90.5 Å². The molecule has 3 aromatic carbocycles. The second-order valence-electron chi connectivity index (χ2n) is 14.1. The second kappa shape index (κ2) is 14.7. The van der Waals surface area contributed by atoms with Gasteiger partial charge in [0.1, 0.15) is 23.8 Å². The SMILES string of the molecule is CN(C(=O)O)[C@@H](C(=O)N1CCC[C@H]1c1ncc(-c2ccc(-c3ccc(-c4cnc([C@@H]5CCCN5C(=O)[C@H]5CCCO5)[nH]4)cc3)cc2)[nH]1)c1ccccc1. The summed E-state index contributed by atoms with van der Waals surface area (Å²) in [5, 5.41) is 9.77. The van der Waals surface area contributed by atoms with Gasteiger partial charge >= 0.3 is 6.09 Å². The highest BCUT2D eigenvalue weighted by Crippen LogP contribution is 2.37. The van der Waals surface area contributed by atoms with Gasteiger partial charge in [-0.3, -0.25) is 14.5 Å². The van der Waals surface area contributed by atoms with Gasteiger partial charge in [0.05, 0.1) is 35.9 Å². The van der Waals surface area contributed by atoms with Crippen LogP contribution in [0.25, 0.3) is 33.6 Å². The van der Waals surface area contributed by atoms with Gasteiger partial charge in [0, 0.05) is 26.7 Å². The summed E-state index contributed by atoms with van der Waals surface area (Å²) in [5.74, 6) is 1.33. The number of H-pyrrole nitrogens is 2. The van der Waals surface area contributed by atoms with Gasteiger partial charge in [-0.05, 0) is 66.3 Å². The summed E-state index contributed by atoms with van der Waals surface area (Å²) in [4.78, 5) is 60.0. The van der Waals surface area contributed by atoms with Crippen molar-refractivity contribution in [3.05, 3.63) is 108 Å². The molecular weight excluding hydrogens is 670 g/mol. The number of aromatic nitrogens is 4. The summed E-state index contributed by atoms with van der Waals surface area (Å²) in [7, 11) is 1.43. The molecule has 12 heteroatoms. The topological polar surface area (TPSA) is 148 Å². The lowest BCUT2D eigenvalue weighted by Gasteiger charge is -2.32. The second-order valence-corrected chi connectivity index (χ2v) is 14.1. The third-order valence-electron chi connectivity index (χ3n) is 10.9. The Morgan fingerprint density at radius 2 is 1.26 bits per heavy atom. The van der Waals surface area contributed by atoms with Crippen molar-refractivity contribution in [2.75, 3.05) is 26.7 Å². The van der Waals surface area contributed by atoms with Crippen LogP contribution in [0.3, 0.4) is 0 Å². The minimum atomic E-state index is -1.16. The smallest absolute Gasteiger partial charge is 0.407 e. The Balaban J connectivity index is 0.936. The number of carboxylic acid groups (broad SMARTS) is 1.